The van der Waals surface area contributed by atoms with Crippen LogP contribution in [0.3, 0.4) is 0 Å². The highest BCUT2D eigenvalue weighted by molar-refractivity contribution is 7.86. The van der Waals surface area contributed by atoms with E-state index in [1.807, 2.05) is 0 Å². The molecule has 0 bridgehead atoms. The van der Waals surface area contributed by atoms with Crippen LogP contribution >= 0.6 is 0 Å². The smallest absolute Gasteiger partial charge is 0.297 e. The number of hydrogen-bond acceptors (Lipinski definition) is 7. The SMILES string of the molecule is COc1ccc(C)c(N=Nc2ccc([N+](=O)[O-])cc2S(=O)(=O)O)c1. The second-order valence-corrected chi connectivity index (χ2v) is 6.13. The molecule has 0 amide bonds. The average molecular weight is 351 g/mol. The van der Waals surface area contributed by atoms with E-state index < -0.39 is 25.6 Å². The molecule has 0 saturated heterocycles. The van der Waals surface area contributed by atoms with E-state index in [-0.39, 0.29) is 5.69 Å². The van der Waals surface area contributed by atoms with Gasteiger partial charge in [-0.1, -0.05) is 6.07 Å². The van der Waals surface area contributed by atoms with E-state index in [9.17, 15) is 23.1 Å². The highest BCUT2D eigenvalue weighted by Crippen LogP contribution is 2.31. The Morgan fingerprint density at radius 1 is 1.12 bits per heavy atom. The lowest BCUT2D eigenvalue weighted by Gasteiger charge is -2.04. The molecular formula is C14H13N3O6S. The Labute approximate surface area is 137 Å². The number of hydrogen-bond donors (Lipinski definition) is 1. The molecule has 0 atom stereocenters. The summed E-state index contributed by atoms with van der Waals surface area (Å²) in [5, 5.41) is 18.5. The molecular weight excluding hydrogens is 338 g/mol. The van der Waals surface area contributed by atoms with Crippen LogP contribution < -0.4 is 4.74 Å². The highest BCUT2D eigenvalue weighted by Gasteiger charge is 2.20. The molecule has 2 aromatic rings. The minimum atomic E-state index is -4.70. The molecule has 0 aromatic heterocycles. The maximum atomic E-state index is 11.4. The Balaban J connectivity index is 2.51. The molecule has 10 heteroatoms. The molecule has 1 N–H and O–H groups in total. The average Bonchev–Trinajstić information content (AvgIpc) is 2.53. The van der Waals surface area contributed by atoms with Crippen molar-refractivity contribution in [1.82, 2.24) is 0 Å². The maximum Gasteiger partial charge on any atom is 0.297 e. The van der Waals surface area contributed by atoms with E-state index in [1.165, 1.54) is 7.11 Å². The van der Waals surface area contributed by atoms with Gasteiger partial charge in [0.2, 0.25) is 0 Å². The first-order chi connectivity index (χ1) is 11.2. The van der Waals surface area contributed by atoms with Crippen molar-refractivity contribution in [3.05, 3.63) is 52.1 Å². The lowest BCUT2D eigenvalue weighted by atomic mass is 10.2. The number of azo groups is 1. The Morgan fingerprint density at radius 2 is 1.79 bits per heavy atom. The molecule has 0 radical (unpaired) electrons. The molecule has 0 aliphatic heterocycles. The number of nitrogens with zero attached hydrogens (tertiary/aromatic N) is 3. The van der Waals surface area contributed by atoms with Crippen LogP contribution in [0.5, 0.6) is 5.75 Å². The summed E-state index contributed by atoms with van der Waals surface area (Å²) in [4.78, 5) is 9.28. The fourth-order valence-electron chi connectivity index (χ4n) is 1.84. The molecule has 126 valence electrons. The maximum absolute atomic E-state index is 11.4. The van der Waals surface area contributed by atoms with Gasteiger partial charge in [-0.05, 0) is 24.6 Å². The van der Waals surface area contributed by atoms with Gasteiger partial charge in [0.25, 0.3) is 15.8 Å². The summed E-state index contributed by atoms with van der Waals surface area (Å²) >= 11 is 0. The molecule has 0 unspecified atom stereocenters. The first-order valence-electron chi connectivity index (χ1n) is 6.54. The second-order valence-electron chi connectivity index (χ2n) is 4.74. The van der Waals surface area contributed by atoms with Crippen LogP contribution in [0.2, 0.25) is 0 Å². The van der Waals surface area contributed by atoms with E-state index in [0.29, 0.717) is 11.4 Å². The molecule has 2 rings (SSSR count). The van der Waals surface area contributed by atoms with Crippen molar-refractivity contribution in [1.29, 1.82) is 0 Å². The molecule has 0 aliphatic carbocycles. The van der Waals surface area contributed by atoms with Gasteiger partial charge >= 0.3 is 0 Å². The molecule has 9 nitrogen and oxygen atoms in total. The number of methoxy groups -OCH3 is 1. The number of nitro benzene ring substituents is 1. The van der Waals surface area contributed by atoms with Crippen LogP contribution in [0, 0.1) is 17.0 Å². The Morgan fingerprint density at radius 3 is 2.38 bits per heavy atom. The Kier molecular flexibility index (Phi) is 4.90. The van der Waals surface area contributed by atoms with E-state index >= 15 is 0 Å². The van der Waals surface area contributed by atoms with Crippen molar-refractivity contribution in [2.45, 2.75) is 11.8 Å². The molecule has 0 heterocycles. The van der Waals surface area contributed by atoms with Crippen molar-refractivity contribution >= 4 is 27.2 Å². The Bertz CT molecular complexity index is 924. The number of nitro groups is 1. The van der Waals surface area contributed by atoms with Gasteiger partial charge in [-0.15, -0.1) is 5.11 Å². The summed E-state index contributed by atoms with van der Waals surface area (Å²) in [5.41, 5.74) is 0.480. The number of aryl methyl sites for hydroxylation is 1. The van der Waals surface area contributed by atoms with Crippen LogP contribution in [0.25, 0.3) is 0 Å². The minimum Gasteiger partial charge on any atom is -0.497 e. The van der Waals surface area contributed by atoms with E-state index in [4.69, 9.17) is 4.74 Å². The summed E-state index contributed by atoms with van der Waals surface area (Å²) in [7, 11) is -3.22. The van der Waals surface area contributed by atoms with E-state index in [1.54, 1.807) is 25.1 Å². The quantitative estimate of drug-likeness (QED) is 0.379. The first kappa shape index (κ1) is 17.5. The topological polar surface area (TPSA) is 131 Å². The van der Waals surface area contributed by atoms with Gasteiger partial charge in [0.05, 0.1) is 17.7 Å². The third kappa shape index (κ3) is 3.91. The van der Waals surface area contributed by atoms with Gasteiger partial charge in [-0.2, -0.15) is 13.5 Å². The predicted molar refractivity (Wildman–Crippen MR) is 84.8 cm³/mol. The third-order valence-corrected chi connectivity index (χ3v) is 4.00. The fraction of sp³-hybridized carbons (Fsp3) is 0.143. The van der Waals surface area contributed by atoms with E-state index in [2.05, 4.69) is 10.2 Å². The fourth-order valence-corrected chi connectivity index (χ4v) is 2.48. The second kappa shape index (κ2) is 6.72. The zero-order valence-electron chi connectivity index (χ0n) is 12.7. The molecule has 24 heavy (non-hydrogen) atoms. The van der Waals surface area contributed by atoms with Crippen LogP contribution in [0.4, 0.5) is 17.1 Å². The number of benzene rings is 2. The van der Waals surface area contributed by atoms with E-state index in [0.717, 1.165) is 23.8 Å². The van der Waals surface area contributed by atoms with Crippen molar-refractivity contribution in [3.63, 3.8) is 0 Å². The number of ether oxygens (including phenoxy) is 1. The molecule has 0 spiro atoms. The largest absolute Gasteiger partial charge is 0.497 e. The summed E-state index contributed by atoms with van der Waals surface area (Å²) in [5.74, 6) is 0.535. The molecule has 0 fully saturated rings. The van der Waals surface area contributed by atoms with Crippen molar-refractivity contribution in [2.75, 3.05) is 7.11 Å². The number of rotatable bonds is 5. The van der Waals surface area contributed by atoms with Crippen LogP contribution in [-0.4, -0.2) is 25.0 Å². The van der Waals surface area contributed by atoms with Crippen LogP contribution in [0.1, 0.15) is 5.56 Å². The molecule has 2 aromatic carbocycles. The summed E-state index contributed by atoms with van der Waals surface area (Å²) < 4.78 is 37.1. The number of non-ortho nitro benzene ring substituents is 1. The van der Waals surface area contributed by atoms with Gasteiger partial charge in [-0.3, -0.25) is 14.7 Å². The van der Waals surface area contributed by atoms with Crippen LogP contribution in [-0.2, 0) is 10.1 Å². The van der Waals surface area contributed by atoms with Gasteiger partial charge in [0.1, 0.15) is 16.3 Å². The standard InChI is InChI=1S/C14H13N3O6S/c1-9-3-5-11(23-2)8-13(9)16-15-12-6-4-10(17(18)19)7-14(12)24(20,21)22/h3-8H,1-2H3,(H,20,21,22). The van der Waals surface area contributed by atoms with Crippen molar-refractivity contribution in [3.8, 4) is 5.75 Å². The normalized spacial score (nSPS) is 11.6. The summed E-state index contributed by atoms with van der Waals surface area (Å²) in [6.07, 6.45) is 0. The lowest BCUT2D eigenvalue weighted by Crippen LogP contribution is -2.00. The van der Waals surface area contributed by atoms with Gasteiger partial charge in [-0.25, -0.2) is 0 Å². The highest BCUT2D eigenvalue weighted by atomic mass is 32.2. The molecule has 0 aliphatic rings. The van der Waals surface area contributed by atoms with Crippen molar-refractivity contribution < 1.29 is 22.6 Å². The first-order valence-corrected chi connectivity index (χ1v) is 7.98. The summed E-state index contributed by atoms with van der Waals surface area (Å²) in [6.45, 7) is 1.77. The zero-order chi connectivity index (χ0) is 17.9. The lowest BCUT2D eigenvalue weighted by molar-refractivity contribution is -0.385. The minimum absolute atomic E-state index is 0.217. The van der Waals surface area contributed by atoms with Crippen LogP contribution in [0.15, 0.2) is 51.5 Å². The third-order valence-electron chi connectivity index (χ3n) is 3.11. The van der Waals surface area contributed by atoms with Gasteiger partial charge in [0, 0.05) is 18.2 Å². The van der Waals surface area contributed by atoms with Crippen molar-refractivity contribution in [2.24, 2.45) is 10.2 Å². The zero-order valence-corrected chi connectivity index (χ0v) is 13.5. The van der Waals surface area contributed by atoms with Gasteiger partial charge in [0.15, 0.2) is 0 Å². The predicted octanol–water partition coefficient (Wildman–Crippen LogP) is 3.57. The molecule has 0 saturated carbocycles. The monoisotopic (exact) mass is 351 g/mol. The summed E-state index contributed by atoms with van der Waals surface area (Å²) in [6, 6.07) is 7.96. The Hall–Kier alpha value is -2.85. The van der Waals surface area contributed by atoms with Gasteiger partial charge < -0.3 is 4.74 Å².